The Morgan fingerprint density at radius 2 is 2.21 bits per heavy atom. The molecule has 0 bridgehead atoms. The van der Waals surface area contributed by atoms with E-state index in [1.165, 1.54) is 0 Å². The van der Waals surface area contributed by atoms with Crippen molar-refractivity contribution in [3.63, 3.8) is 0 Å². The second-order valence-electron chi connectivity index (χ2n) is 2.75. The molecular formula is C9H6ClIN2O. The predicted molar refractivity (Wildman–Crippen MR) is 62.2 cm³/mol. The number of benzene rings is 1. The minimum absolute atomic E-state index is 0.509. The third-order valence-electron chi connectivity index (χ3n) is 1.71. The Morgan fingerprint density at radius 3 is 2.86 bits per heavy atom. The largest absolute Gasteiger partial charge is 0.334 e. The average Bonchev–Trinajstić information content (AvgIpc) is 2.57. The zero-order chi connectivity index (χ0) is 10.1. The first-order chi connectivity index (χ1) is 6.68. The molecule has 1 aromatic heterocycles. The molecule has 1 heterocycles. The maximum absolute atomic E-state index is 5.97. The van der Waals surface area contributed by atoms with Crippen LogP contribution in [0.4, 0.5) is 0 Å². The van der Waals surface area contributed by atoms with E-state index in [0.29, 0.717) is 16.7 Å². The molecule has 2 aromatic rings. The minimum atomic E-state index is 0.509. The third kappa shape index (κ3) is 1.76. The summed E-state index contributed by atoms with van der Waals surface area (Å²) in [6, 6.07) is 5.59. The summed E-state index contributed by atoms with van der Waals surface area (Å²) < 4.78 is 5.99. The van der Waals surface area contributed by atoms with Crippen molar-refractivity contribution >= 4 is 34.2 Å². The van der Waals surface area contributed by atoms with Crippen LogP contribution in [0.1, 0.15) is 5.82 Å². The maximum atomic E-state index is 5.97. The van der Waals surface area contributed by atoms with E-state index in [2.05, 4.69) is 32.7 Å². The fourth-order valence-corrected chi connectivity index (χ4v) is 1.84. The van der Waals surface area contributed by atoms with Gasteiger partial charge in [0, 0.05) is 3.57 Å². The maximum Gasteiger partial charge on any atom is 0.259 e. The Labute approximate surface area is 99.6 Å². The van der Waals surface area contributed by atoms with Gasteiger partial charge < -0.3 is 4.52 Å². The first-order valence-corrected chi connectivity index (χ1v) is 5.39. The highest BCUT2D eigenvalue weighted by atomic mass is 127. The van der Waals surface area contributed by atoms with Crippen molar-refractivity contribution in [3.8, 4) is 11.5 Å². The van der Waals surface area contributed by atoms with Gasteiger partial charge in [-0.25, -0.2) is 0 Å². The van der Waals surface area contributed by atoms with E-state index in [1.807, 2.05) is 18.2 Å². The Kier molecular flexibility index (Phi) is 2.73. The highest BCUT2D eigenvalue weighted by molar-refractivity contribution is 14.1. The molecule has 72 valence electrons. The smallest absolute Gasteiger partial charge is 0.259 e. The first-order valence-electron chi connectivity index (χ1n) is 3.93. The van der Waals surface area contributed by atoms with Gasteiger partial charge >= 0.3 is 0 Å². The summed E-state index contributed by atoms with van der Waals surface area (Å²) in [5.41, 5.74) is 0.874. The number of aryl methyl sites for hydroxylation is 1. The van der Waals surface area contributed by atoms with Crippen LogP contribution < -0.4 is 0 Å². The van der Waals surface area contributed by atoms with Gasteiger partial charge in [-0.3, -0.25) is 0 Å². The zero-order valence-corrected chi connectivity index (χ0v) is 10.2. The highest BCUT2D eigenvalue weighted by Crippen LogP contribution is 2.29. The van der Waals surface area contributed by atoms with Gasteiger partial charge in [0.25, 0.3) is 5.89 Å². The molecule has 0 aliphatic carbocycles. The number of rotatable bonds is 1. The SMILES string of the molecule is Cc1noc(-c2cccc(Cl)c2I)n1. The summed E-state index contributed by atoms with van der Waals surface area (Å²) >= 11 is 8.13. The van der Waals surface area contributed by atoms with E-state index in [9.17, 15) is 0 Å². The van der Waals surface area contributed by atoms with Crippen LogP contribution in [0.3, 0.4) is 0 Å². The third-order valence-corrected chi connectivity index (χ3v) is 3.51. The summed E-state index contributed by atoms with van der Waals surface area (Å²) in [5, 5.41) is 4.42. The topological polar surface area (TPSA) is 38.9 Å². The van der Waals surface area contributed by atoms with Crippen LogP contribution in [0.5, 0.6) is 0 Å². The van der Waals surface area contributed by atoms with Crippen LogP contribution in [-0.4, -0.2) is 10.1 Å². The predicted octanol–water partition coefficient (Wildman–Crippen LogP) is 3.30. The number of hydrogen-bond donors (Lipinski definition) is 0. The van der Waals surface area contributed by atoms with Crippen molar-refractivity contribution in [2.75, 3.05) is 0 Å². The van der Waals surface area contributed by atoms with Crippen molar-refractivity contribution in [1.82, 2.24) is 10.1 Å². The average molecular weight is 321 g/mol. The number of halogens is 2. The molecule has 0 unspecified atom stereocenters. The van der Waals surface area contributed by atoms with Gasteiger partial charge in [0.05, 0.1) is 10.6 Å². The van der Waals surface area contributed by atoms with Gasteiger partial charge in [0.2, 0.25) is 0 Å². The normalized spacial score (nSPS) is 10.5. The van der Waals surface area contributed by atoms with Gasteiger partial charge in [-0.1, -0.05) is 22.8 Å². The molecule has 0 aliphatic rings. The van der Waals surface area contributed by atoms with Crippen molar-refractivity contribution in [3.05, 3.63) is 32.6 Å². The van der Waals surface area contributed by atoms with Crippen LogP contribution in [0.2, 0.25) is 5.02 Å². The Hall–Kier alpha value is -0.620. The number of aromatic nitrogens is 2. The molecule has 0 amide bonds. The lowest BCUT2D eigenvalue weighted by Gasteiger charge is -1.99. The fraction of sp³-hybridized carbons (Fsp3) is 0.111. The molecular weight excluding hydrogens is 314 g/mol. The molecule has 0 saturated heterocycles. The Balaban J connectivity index is 2.57. The van der Waals surface area contributed by atoms with Crippen LogP contribution >= 0.6 is 34.2 Å². The molecule has 0 aliphatic heterocycles. The molecule has 0 saturated carbocycles. The minimum Gasteiger partial charge on any atom is -0.334 e. The van der Waals surface area contributed by atoms with E-state index in [4.69, 9.17) is 16.1 Å². The van der Waals surface area contributed by atoms with E-state index in [0.717, 1.165) is 9.13 Å². The Bertz CT molecular complexity index is 470. The van der Waals surface area contributed by atoms with Crippen LogP contribution in [0, 0.1) is 10.5 Å². The summed E-state index contributed by atoms with van der Waals surface area (Å²) in [5.74, 6) is 1.13. The molecule has 0 radical (unpaired) electrons. The standard InChI is InChI=1S/C9H6ClIN2O/c1-5-12-9(14-13-5)6-3-2-4-7(10)8(6)11/h2-4H,1H3. The van der Waals surface area contributed by atoms with E-state index >= 15 is 0 Å². The molecule has 3 nitrogen and oxygen atoms in total. The molecule has 0 fully saturated rings. The lowest BCUT2D eigenvalue weighted by atomic mass is 10.2. The molecule has 1 aromatic carbocycles. The Morgan fingerprint density at radius 1 is 1.43 bits per heavy atom. The highest BCUT2D eigenvalue weighted by Gasteiger charge is 2.11. The summed E-state index contributed by atoms with van der Waals surface area (Å²) in [7, 11) is 0. The summed E-state index contributed by atoms with van der Waals surface area (Å²) in [4.78, 5) is 4.14. The molecule has 0 atom stereocenters. The lowest BCUT2D eigenvalue weighted by Crippen LogP contribution is -1.83. The molecule has 0 spiro atoms. The zero-order valence-electron chi connectivity index (χ0n) is 7.29. The van der Waals surface area contributed by atoms with Crippen LogP contribution in [0.15, 0.2) is 22.7 Å². The van der Waals surface area contributed by atoms with Crippen molar-refractivity contribution in [2.45, 2.75) is 6.92 Å². The summed E-state index contributed by atoms with van der Waals surface area (Å²) in [6.45, 7) is 1.78. The van der Waals surface area contributed by atoms with E-state index in [1.54, 1.807) is 6.92 Å². The van der Waals surface area contributed by atoms with Gasteiger partial charge in [-0.2, -0.15) is 4.98 Å². The van der Waals surface area contributed by atoms with E-state index in [-0.39, 0.29) is 0 Å². The van der Waals surface area contributed by atoms with Gasteiger partial charge in [0.15, 0.2) is 5.82 Å². The van der Waals surface area contributed by atoms with Gasteiger partial charge in [0.1, 0.15) is 0 Å². The van der Waals surface area contributed by atoms with Gasteiger partial charge in [-0.05, 0) is 41.6 Å². The second kappa shape index (κ2) is 3.86. The fourth-order valence-electron chi connectivity index (χ4n) is 1.08. The van der Waals surface area contributed by atoms with Crippen molar-refractivity contribution in [1.29, 1.82) is 0 Å². The lowest BCUT2D eigenvalue weighted by molar-refractivity contribution is 0.425. The van der Waals surface area contributed by atoms with Gasteiger partial charge in [-0.15, -0.1) is 0 Å². The van der Waals surface area contributed by atoms with E-state index < -0.39 is 0 Å². The van der Waals surface area contributed by atoms with Crippen LogP contribution in [0.25, 0.3) is 11.5 Å². The molecule has 5 heteroatoms. The van der Waals surface area contributed by atoms with Crippen molar-refractivity contribution < 1.29 is 4.52 Å². The quantitative estimate of drug-likeness (QED) is 0.757. The molecule has 0 N–H and O–H groups in total. The van der Waals surface area contributed by atoms with Crippen molar-refractivity contribution in [2.24, 2.45) is 0 Å². The molecule has 14 heavy (non-hydrogen) atoms. The first kappa shape index (κ1) is 9.92. The summed E-state index contributed by atoms with van der Waals surface area (Å²) in [6.07, 6.45) is 0. The number of hydrogen-bond acceptors (Lipinski definition) is 3. The monoisotopic (exact) mass is 320 g/mol. The van der Waals surface area contributed by atoms with Crippen LogP contribution in [-0.2, 0) is 0 Å². The number of nitrogens with zero attached hydrogens (tertiary/aromatic N) is 2. The molecule has 2 rings (SSSR count). The second-order valence-corrected chi connectivity index (χ2v) is 4.23.